The fourth-order valence-corrected chi connectivity index (χ4v) is 4.53. The summed E-state index contributed by atoms with van der Waals surface area (Å²) >= 11 is 0. The number of aldehydes is 1. The second-order valence-corrected chi connectivity index (χ2v) is 9.05. The molecule has 39 heavy (non-hydrogen) atoms. The Morgan fingerprint density at radius 3 is 2.46 bits per heavy atom. The number of hydrogen-bond acceptors (Lipinski definition) is 6. The largest absolute Gasteiger partial charge is 0.389 e. The Bertz CT molecular complexity index is 1360. The van der Waals surface area contributed by atoms with Crippen LogP contribution in [0, 0.1) is 5.92 Å². The molecule has 0 spiro atoms. The summed E-state index contributed by atoms with van der Waals surface area (Å²) < 4.78 is 1.69. The standard InChI is InChI=1S/C16H21N3.C13H9N3O.C2H6.CH4/c1-12-9-14(12)15(16-6-2-3-7-19-16)11-17-10-13-5-4-8-18-13;17-9-11-13(10-5-1-3-7-14-10)12-6-2-4-8-16(12)15-11;1-2;/h2-3,6-7,11,13-14,17-18H,1,4-5,8-10H2;1-9H;1-2H3;1H4/b15-11+;;;. The van der Waals surface area contributed by atoms with Crippen molar-refractivity contribution in [3.63, 3.8) is 0 Å². The highest BCUT2D eigenvalue weighted by atomic mass is 16.1. The average Bonchev–Trinajstić information content (AvgIpc) is 3.34. The smallest absolute Gasteiger partial charge is 0.171 e. The third kappa shape index (κ3) is 7.48. The monoisotopic (exact) mass is 524 g/mol. The van der Waals surface area contributed by atoms with Gasteiger partial charge in [0.1, 0.15) is 5.69 Å². The van der Waals surface area contributed by atoms with E-state index >= 15 is 0 Å². The SMILES string of the molecule is C.C=C1CC1/C(=C\NCC1CCCN1)c1ccccn1.CC.O=Cc1nn2ccccc2c1-c1ccccn1. The minimum atomic E-state index is 0. The lowest BCUT2D eigenvalue weighted by Gasteiger charge is -2.11. The number of allylic oxidation sites excluding steroid dienone is 2. The number of fused-ring (bicyclic) bond motifs is 1. The van der Waals surface area contributed by atoms with Gasteiger partial charge in [0.15, 0.2) is 6.29 Å². The van der Waals surface area contributed by atoms with Gasteiger partial charge in [0, 0.05) is 48.9 Å². The van der Waals surface area contributed by atoms with Gasteiger partial charge in [0.25, 0.3) is 0 Å². The van der Waals surface area contributed by atoms with E-state index < -0.39 is 0 Å². The summed E-state index contributed by atoms with van der Waals surface area (Å²) in [4.78, 5) is 19.8. The predicted molar refractivity (Wildman–Crippen MR) is 160 cm³/mol. The molecule has 1 saturated carbocycles. The zero-order valence-corrected chi connectivity index (χ0v) is 22.2. The van der Waals surface area contributed by atoms with Gasteiger partial charge >= 0.3 is 0 Å². The first kappa shape index (κ1) is 29.5. The van der Waals surface area contributed by atoms with Gasteiger partial charge < -0.3 is 10.6 Å². The molecule has 7 heteroatoms. The van der Waals surface area contributed by atoms with Crippen molar-refractivity contribution in [2.24, 2.45) is 5.92 Å². The van der Waals surface area contributed by atoms with Gasteiger partial charge in [0.05, 0.1) is 22.5 Å². The van der Waals surface area contributed by atoms with Crippen molar-refractivity contribution in [3.8, 4) is 11.3 Å². The van der Waals surface area contributed by atoms with E-state index in [-0.39, 0.29) is 7.43 Å². The van der Waals surface area contributed by atoms with Gasteiger partial charge in [-0.25, -0.2) is 4.52 Å². The minimum absolute atomic E-state index is 0. The number of carbonyl (C=O) groups is 1. The van der Waals surface area contributed by atoms with Crippen molar-refractivity contribution in [2.45, 2.75) is 46.6 Å². The summed E-state index contributed by atoms with van der Waals surface area (Å²) in [7, 11) is 0. The Morgan fingerprint density at radius 2 is 1.85 bits per heavy atom. The molecule has 0 bridgehead atoms. The van der Waals surface area contributed by atoms with Crippen LogP contribution in [0.5, 0.6) is 0 Å². The van der Waals surface area contributed by atoms with Crippen LogP contribution in [0.15, 0.2) is 91.5 Å². The summed E-state index contributed by atoms with van der Waals surface area (Å²) in [5, 5.41) is 11.2. The molecule has 1 aliphatic carbocycles. The van der Waals surface area contributed by atoms with Crippen molar-refractivity contribution >= 4 is 17.4 Å². The maximum atomic E-state index is 11.1. The molecule has 4 aromatic rings. The van der Waals surface area contributed by atoms with Gasteiger partial charge in [-0.05, 0) is 62.2 Å². The van der Waals surface area contributed by atoms with Gasteiger partial charge in [0.2, 0.25) is 0 Å². The number of aromatic nitrogens is 4. The van der Waals surface area contributed by atoms with E-state index in [0.717, 1.165) is 48.3 Å². The molecule has 2 atom stereocenters. The van der Waals surface area contributed by atoms with E-state index in [9.17, 15) is 4.79 Å². The second kappa shape index (κ2) is 14.7. The molecule has 2 aliphatic rings. The molecule has 204 valence electrons. The molecular formula is C32H40N6O. The van der Waals surface area contributed by atoms with Crippen LogP contribution >= 0.6 is 0 Å². The summed E-state index contributed by atoms with van der Waals surface area (Å²) in [5.74, 6) is 0.499. The predicted octanol–water partition coefficient (Wildman–Crippen LogP) is 6.21. The molecule has 0 radical (unpaired) electrons. The van der Waals surface area contributed by atoms with Crippen LogP contribution in [0.4, 0.5) is 0 Å². The van der Waals surface area contributed by atoms with E-state index in [1.165, 1.54) is 24.0 Å². The molecule has 5 heterocycles. The van der Waals surface area contributed by atoms with Crippen LogP contribution in [0.3, 0.4) is 0 Å². The topological polar surface area (TPSA) is 84.2 Å². The van der Waals surface area contributed by atoms with Gasteiger partial charge in [-0.2, -0.15) is 5.10 Å². The molecule has 4 aromatic heterocycles. The second-order valence-electron chi connectivity index (χ2n) is 9.05. The van der Waals surface area contributed by atoms with Crippen LogP contribution in [0.2, 0.25) is 0 Å². The lowest BCUT2D eigenvalue weighted by Crippen LogP contribution is -2.31. The lowest BCUT2D eigenvalue weighted by molar-refractivity contribution is 0.111. The Kier molecular flexibility index (Phi) is 11.1. The van der Waals surface area contributed by atoms with Crippen LogP contribution < -0.4 is 10.6 Å². The van der Waals surface area contributed by atoms with Crippen molar-refractivity contribution in [1.82, 2.24) is 30.2 Å². The Balaban J connectivity index is 0.000000199. The number of carbonyl (C=O) groups excluding carboxylic acids is 1. The van der Waals surface area contributed by atoms with E-state index in [1.807, 2.05) is 74.8 Å². The Hall–Kier alpha value is -4.10. The van der Waals surface area contributed by atoms with Gasteiger partial charge in [-0.1, -0.05) is 51.6 Å². The van der Waals surface area contributed by atoms with Crippen molar-refractivity contribution in [3.05, 3.63) is 103 Å². The minimum Gasteiger partial charge on any atom is -0.389 e. The van der Waals surface area contributed by atoms with E-state index in [1.54, 1.807) is 10.7 Å². The molecule has 0 amide bonds. The number of nitrogens with zero attached hydrogens (tertiary/aromatic N) is 4. The fourth-order valence-electron chi connectivity index (χ4n) is 4.53. The van der Waals surface area contributed by atoms with Crippen LogP contribution in [-0.4, -0.2) is 45.0 Å². The molecule has 2 unspecified atom stereocenters. The van der Waals surface area contributed by atoms with Crippen molar-refractivity contribution in [2.75, 3.05) is 13.1 Å². The molecule has 2 fully saturated rings. The van der Waals surface area contributed by atoms with E-state index in [2.05, 4.69) is 44.5 Å². The number of pyridine rings is 3. The number of hydrogen-bond donors (Lipinski definition) is 2. The number of rotatable bonds is 7. The van der Waals surface area contributed by atoms with Crippen molar-refractivity contribution < 1.29 is 4.79 Å². The van der Waals surface area contributed by atoms with E-state index in [0.29, 0.717) is 17.7 Å². The molecular weight excluding hydrogens is 484 g/mol. The van der Waals surface area contributed by atoms with Gasteiger partial charge in [-0.3, -0.25) is 14.8 Å². The first-order chi connectivity index (χ1) is 18.7. The zero-order chi connectivity index (χ0) is 26.7. The summed E-state index contributed by atoms with van der Waals surface area (Å²) in [6, 6.07) is 18.0. The Morgan fingerprint density at radius 1 is 1.10 bits per heavy atom. The summed E-state index contributed by atoms with van der Waals surface area (Å²) in [5.41, 5.74) is 6.50. The van der Waals surface area contributed by atoms with E-state index in [4.69, 9.17) is 0 Å². The molecule has 2 N–H and O–H groups in total. The van der Waals surface area contributed by atoms with Gasteiger partial charge in [-0.15, -0.1) is 0 Å². The third-order valence-corrected chi connectivity index (χ3v) is 6.52. The number of nitrogens with one attached hydrogen (secondary N) is 2. The summed E-state index contributed by atoms with van der Waals surface area (Å²) in [6.45, 7) is 10.2. The maximum absolute atomic E-state index is 11.1. The molecule has 1 aliphatic heterocycles. The van der Waals surface area contributed by atoms with Crippen LogP contribution in [-0.2, 0) is 0 Å². The Labute approximate surface area is 232 Å². The highest BCUT2D eigenvalue weighted by Crippen LogP contribution is 2.45. The average molecular weight is 525 g/mol. The first-order valence-corrected chi connectivity index (χ1v) is 13.3. The zero-order valence-electron chi connectivity index (χ0n) is 22.2. The molecule has 1 saturated heterocycles. The third-order valence-electron chi connectivity index (χ3n) is 6.52. The highest BCUT2D eigenvalue weighted by Gasteiger charge is 2.32. The lowest BCUT2D eigenvalue weighted by atomic mass is 10.1. The van der Waals surface area contributed by atoms with Crippen LogP contribution in [0.25, 0.3) is 22.3 Å². The first-order valence-electron chi connectivity index (χ1n) is 13.3. The summed E-state index contributed by atoms with van der Waals surface area (Å²) in [6.07, 6.45) is 11.9. The normalized spacial score (nSPS) is 17.7. The fraction of sp³-hybridized carbons (Fsp3) is 0.312. The van der Waals surface area contributed by atoms with Crippen molar-refractivity contribution in [1.29, 1.82) is 0 Å². The van der Waals surface area contributed by atoms with Crippen LogP contribution in [0.1, 0.15) is 56.7 Å². The maximum Gasteiger partial charge on any atom is 0.171 e. The molecule has 0 aromatic carbocycles. The highest BCUT2D eigenvalue weighted by molar-refractivity contribution is 5.92. The molecule has 6 rings (SSSR count). The quantitative estimate of drug-likeness (QED) is 0.221. The molecule has 7 nitrogen and oxygen atoms in total.